The molecule has 116 valence electrons. The normalized spacial score (nSPS) is 22.4. The largest absolute Gasteiger partial charge is 0.351 e. The first-order valence-electron chi connectivity index (χ1n) is 7.62. The number of hydrogen-bond acceptors (Lipinski definition) is 4. The smallest absolute Gasteiger partial charge is 0.230 e. The van der Waals surface area contributed by atoms with Crippen molar-refractivity contribution in [2.45, 2.75) is 32.4 Å². The Labute approximate surface area is 131 Å². The van der Waals surface area contributed by atoms with E-state index in [9.17, 15) is 4.79 Å². The molecular formula is C16H25N3OS. The molecule has 1 saturated heterocycles. The van der Waals surface area contributed by atoms with Crippen molar-refractivity contribution in [1.82, 2.24) is 15.2 Å². The number of carbonyl (C=O) groups is 1. The summed E-state index contributed by atoms with van der Waals surface area (Å²) in [7, 11) is 0. The van der Waals surface area contributed by atoms with E-state index in [0.29, 0.717) is 17.7 Å². The molecule has 0 saturated carbocycles. The lowest BCUT2D eigenvalue weighted by Crippen LogP contribution is -2.41. The van der Waals surface area contributed by atoms with Crippen LogP contribution in [0.25, 0.3) is 0 Å². The summed E-state index contributed by atoms with van der Waals surface area (Å²) in [5, 5.41) is 3.21. The molecule has 2 rings (SSSR count). The van der Waals surface area contributed by atoms with Crippen LogP contribution < -0.4 is 5.32 Å². The second-order valence-electron chi connectivity index (χ2n) is 5.71. The number of nitrogens with one attached hydrogen (secondary N) is 1. The third kappa shape index (κ3) is 5.00. The highest BCUT2D eigenvalue weighted by Gasteiger charge is 2.32. The van der Waals surface area contributed by atoms with Crippen molar-refractivity contribution in [2.75, 3.05) is 25.1 Å². The summed E-state index contributed by atoms with van der Waals surface area (Å²) in [6.45, 7) is 5.14. The van der Waals surface area contributed by atoms with E-state index in [1.165, 1.54) is 18.4 Å². The monoisotopic (exact) mass is 307 g/mol. The number of carbonyl (C=O) groups excluding carboxylic acids is 1. The van der Waals surface area contributed by atoms with Crippen LogP contribution in [0.3, 0.4) is 0 Å². The number of pyridine rings is 1. The number of hydrogen-bond donors (Lipinski definition) is 1. The highest BCUT2D eigenvalue weighted by Crippen LogP contribution is 2.23. The molecule has 4 nitrogen and oxygen atoms in total. The van der Waals surface area contributed by atoms with Gasteiger partial charge in [-0.15, -0.1) is 0 Å². The summed E-state index contributed by atoms with van der Waals surface area (Å²) in [6.07, 6.45) is 8.04. The number of nitrogens with zero attached hydrogens (tertiary/aromatic N) is 2. The molecule has 1 amide bonds. The lowest BCUT2D eigenvalue weighted by molar-refractivity contribution is -0.119. The van der Waals surface area contributed by atoms with Crippen LogP contribution in [-0.2, 0) is 11.3 Å². The summed E-state index contributed by atoms with van der Waals surface area (Å²) in [5.74, 6) is 1.28. The van der Waals surface area contributed by atoms with E-state index in [4.69, 9.17) is 0 Å². The quantitative estimate of drug-likeness (QED) is 0.838. The fraction of sp³-hybridized carbons (Fsp3) is 0.625. The predicted molar refractivity (Wildman–Crippen MR) is 88.2 cm³/mol. The third-order valence-electron chi connectivity index (χ3n) is 3.93. The van der Waals surface area contributed by atoms with E-state index >= 15 is 0 Å². The maximum Gasteiger partial charge on any atom is 0.230 e. The van der Waals surface area contributed by atoms with Gasteiger partial charge in [0.15, 0.2) is 0 Å². The molecule has 1 fully saturated rings. The molecule has 0 unspecified atom stereocenters. The minimum atomic E-state index is 0.164. The Hall–Kier alpha value is -1.07. The Kier molecular flexibility index (Phi) is 6.51. The van der Waals surface area contributed by atoms with Gasteiger partial charge in [-0.1, -0.05) is 19.4 Å². The van der Waals surface area contributed by atoms with E-state index in [1.54, 1.807) is 18.0 Å². The molecule has 1 N–H and O–H groups in total. The lowest BCUT2D eigenvalue weighted by atomic mass is 9.98. The minimum absolute atomic E-state index is 0.164. The van der Waals surface area contributed by atoms with Gasteiger partial charge in [0, 0.05) is 38.1 Å². The van der Waals surface area contributed by atoms with E-state index in [1.807, 2.05) is 18.5 Å². The van der Waals surface area contributed by atoms with Crippen molar-refractivity contribution < 1.29 is 4.79 Å². The maximum atomic E-state index is 11.9. The molecular weight excluding hydrogens is 282 g/mol. The van der Waals surface area contributed by atoms with Gasteiger partial charge >= 0.3 is 0 Å². The number of aromatic nitrogens is 1. The number of likely N-dealkylation sites (tertiary alicyclic amines) is 1. The second kappa shape index (κ2) is 8.39. The molecule has 1 aliphatic rings. The van der Waals surface area contributed by atoms with Gasteiger partial charge in [0.25, 0.3) is 0 Å². The van der Waals surface area contributed by atoms with E-state index < -0.39 is 0 Å². The first-order valence-corrected chi connectivity index (χ1v) is 9.01. The minimum Gasteiger partial charge on any atom is -0.351 e. The lowest BCUT2D eigenvalue weighted by Gasteiger charge is -2.19. The van der Waals surface area contributed by atoms with Crippen LogP contribution in [0.1, 0.15) is 25.3 Å². The van der Waals surface area contributed by atoms with E-state index in [-0.39, 0.29) is 5.91 Å². The van der Waals surface area contributed by atoms with Gasteiger partial charge in [0.05, 0.1) is 5.75 Å². The molecule has 0 bridgehead atoms. The van der Waals surface area contributed by atoms with Crippen molar-refractivity contribution in [3.8, 4) is 0 Å². The molecule has 0 radical (unpaired) electrons. The standard InChI is InChI=1S/C16H25N3OS/c1-3-5-14-10-19(9-13-6-4-7-17-8-13)11-15(14)18-16(20)12-21-2/h4,6-8,14-15H,3,5,9-12H2,1-2H3,(H,18,20)/t14-,15-/m0/s1. The molecule has 1 aromatic rings. The Balaban J connectivity index is 1.92. The zero-order valence-corrected chi connectivity index (χ0v) is 13.7. The van der Waals surface area contributed by atoms with Gasteiger partial charge in [-0.2, -0.15) is 11.8 Å². The second-order valence-corrected chi connectivity index (χ2v) is 6.58. The highest BCUT2D eigenvalue weighted by molar-refractivity contribution is 7.99. The highest BCUT2D eigenvalue weighted by atomic mass is 32.2. The molecule has 1 aromatic heterocycles. The van der Waals surface area contributed by atoms with Crippen molar-refractivity contribution in [3.05, 3.63) is 30.1 Å². The van der Waals surface area contributed by atoms with Crippen molar-refractivity contribution in [3.63, 3.8) is 0 Å². The SMILES string of the molecule is CCC[C@H]1CN(Cc2cccnc2)C[C@@H]1NC(=O)CSC. The molecule has 21 heavy (non-hydrogen) atoms. The summed E-state index contributed by atoms with van der Waals surface area (Å²) in [5.41, 5.74) is 1.24. The topological polar surface area (TPSA) is 45.2 Å². The van der Waals surface area contributed by atoms with Crippen LogP contribution in [0.4, 0.5) is 0 Å². The van der Waals surface area contributed by atoms with Gasteiger partial charge in [0.1, 0.15) is 0 Å². The summed E-state index contributed by atoms with van der Waals surface area (Å²) in [4.78, 5) is 18.5. The average molecular weight is 307 g/mol. The number of rotatable bonds is 7. The molecule has 2 atom stereocenters. The van der Waals surface area contributed by atoms with Gasteiger partial charge in [-0.3, -0.25) is 14.7 Å². The zero-order valence-electron chi connectivity index (χ0n) is 12.9. The zero-order chi connectivity index (χ0) is 15.1. The Bertz CT molecular complexity index is 440. The summed E-state index contributed by atoms with van der Waals surface area (Å²) < 4.78 is 0. The fourth-order valence-corrected chi connectivity index (χ4v) is 3.39. The van der Waals surface area contributed by atoms with Crippen LogP contribution >= 0.6 is 11.8 Å². The van der Waals surface area contributed by atoms with Crippen LogP contribution in [0.15, 0.2) is 24.5 Å². The molecule has 5 heteroatoms. The summed E-state index contributed by atoms with van der Waals surface area (Å²) >= 11 is 1.58. The first-order chi connectivity index (χ1) is 10.2. The van der Waals surface area contributed by atoms with Crippen LogP contribution in [0.5, 0.6) is 0 Å². The molecule has 1 aliphatic heterocycles. The van der Waals surface area contributed by atoms with Crippen LogP contribution in [0, 0.1) is 5.92 Å². The van der Waals surface area contributed by atoms with Crippen molar-refractivity contribution >= 4 is 17.7 Å². The first kappa shape index (κ1) is 16.3. The Morgan fingerprint density at radius 1 is 1.52 bits per heavy atom. The van der Waals surface area contributed by atoms with Crippen LogP contribution in [-0.4, -0.2) is 46.9 Å². The Morgan fingerprint density at radius 2 is 2.38 bits per heavy atom. The Morgan fingerprint density at radius 3 is 3.05 bits per heavy atom. The van der Waals surface area contributed by atoms with Crippen LogP contribution in [0.2, 0.25) is 0 Å². The van der Waals surface area contributed by atoms with Crippen molar-refractivity contribution in [2.24, 2.45) is 5.92 Å². The molecule has 0 spiro atoms. The summed E-state index contributed by atoms with van der Waals surface area (Å²) in [6, 6.07) is 4.38. The third-order valence-corrected chi connectivity index (χ3v) is 4.48. The fourth-order valence-electron chi connectivity index (χ4n) is 3.05. The molecule has 0 aromatic carbocycles. The van der Waals surface area contributed by atoms with Crippen molar-refractivity contribution in [1.29, 1.82) is 0 Å². The average Bonchev–Trinajstić information content (AvgIpc) is 2.82. The van der Waals surface area contributed by atoms with E-state index in [0.717, 1.165) is 19.6 Å². The number of thioether (sulfide) groups is 1. The molecule has 0 aliphatic carbocycles. The van der Waals surface area contributed by atoms with Gasteiger partial charge < -0.3 is 5.32 Å². The number of amides is 1. The van der Waals surface area contributed by atoms with E-state index in [2.05, 4.69) is 28.2 Å². The maximum absolute atomic E-state index is 11.9. The van der Waals surface area contributed by atoms with Gasteiger partial charge in [-0.05, 0) is 30.2 Å². The van der Waals surface area contributed by atoms with Gasteiger partial charge in [0.2, 0.25) is 5.91 Å². The predicted octanol–water partition coefficient (Wildman–Crippen LogP) is 2.16. The van der Waals surface area contributed by atoms with Gasteiger partial charge in [-0.25, -0.2) is 0 Å². The molecule has 2 heterocycles.